The third-order valence-electron chi connectivity index (χ3n) is 3.78. The van der Waals surface area contributed by atoms with Crippen LogP contribution in [0.3, 0.4) is 0 Å². The molecule has 2 heteroatoms. The van der Waals surface area contributed by atoms with E-state index in [1.165, 1.54) is 18.2 Å². The van der Waals surface area contributed by atoms with Crippen LogP contribution in [-0.4, -0.2) is 13.1 Å². The van der Waals surface area contributed by atoms with Gasteiger partial charge in [-0.05, 0) is 40.5 Å². The summed E-state index contributed by atoms with van der Waals surface area (Å²) in [6.07, 6.45) is 1.11. The number of fused-ring (bicyclic) bond motifs is 1. The van der Waals surface area contributed by atoms with Gasteiger partial charge in [0.15, 0.2) is 0 Å². The molecule has 0 saturated heterocycles. The van der Waals surface area contributed by atoms with Gasteiger partial charge in [0.2, 0.25) is 0 Å². The maximum atomic E-state index is 11.6. The van der Waals surface area contributed by atoms with Gasteiger partial charge in [0.25, 0.3) is 0 Å². The Hall–Kier alpha value is -1.31. The number of rotatable bonds is 1. The van der Waals surface area contributed by atoms with Crippen molar-refractivity contribution < 1.29 is 9.53 Å². The zero-order chi connectivity index (χ0) is 12.8. The SMILES string of the molecule is COC(=O)c1ccc2c(c1)C(C)(C)CC2(C)C. The molecule has 1 aliphatic rings. The zero-order valence-electron chi connectivity index (χ0n) is 11.3. The van der Waals surface area contributed by atoms with Crippen molar-refractivity contribution in [2.45, 2.75) is 44.9 Å². The summed E-state index contributed by atoms with van der Waals surface area (Å²) in [4.78, 5) is 11.6. The largest absolute Gasteiger partial charge is 0.465 e. The Morgan fingerprint density at radius 3 is 2.29 bits per heavy atom. The molecule has 1 aliphatic carbocycles. The zero-order valence-corrected chi connectivity index (χ0v) is 11.3. The van der Waals surface area contributed by atoms with E-state index in [4.69, 9.17) is 4.74 Å². The van der Waals surface area contributed by atoms with Gasteiger partial charge in [0, 0.05) is 0 Å². The highest BCUT2D eigenvalue weighted by Gasteiger charge is 2.41. The minimum absolute atomic E-state index is 0.128. The molecule has 0 unspecified atom stereocenters. The molecule has 0 amide bonds. The van der Waals surface area contributed by atoms with Crippen molar-refractivity contribution in [3.63, 3.8) is 0 Å². The lowest BCUT2D eigenvalue weighted by Crippen LogP contribution is -2.18. The Bertz CT molecular complexity index is 470. The maximum Gasteiger partial charge on any atom is 0.337 e. The fourth-order valence-corrected chi connectivity index (χ4v) is 3.23. The molecule has 0 radical (unpaired) electrons. The summed E-state index contributed by atoms with van der Waals surface area (Å²) in [5.74, 6) is -0.256. The number of benzene rings is 1. The highest BCUT2D eigenvalue weighted by molar-refractivity contribution is 5.89. The van der Waals surface area contributed by atoms with Crippen LogP contribution in [-0.2, 0) is 15.6 Å². The van der Waals surface area contributed by atoms with Crippen molar-refractivity contribution >= 4 is 5.97 Å². The monoisotopic (exact) mass is 232 g/mol. The quantitative estimate of drug-likeness (QED) is 0.693. The van der Waals surface area contributed by atoms with Gasteiger partial charge in [0.1, 0.15) is 0 Å². The lowest BCUT2D eigenvalue weighted by atomic mass is 9.82. The van der Waals surface area contributed by atoms with Crippen LogP contribution < -0.4 is 0 Å². The van der Waals surface area contributed by atoms with E-state index in [2.05, 4.69) is 33.8 Å². The number of hydrogen-bond donors (Lipinski definition) is 0. The normalized spacial score (nSPS) is 19.8. The number of ether oxygens (including phenoxy) is 1. The Morgan fingerprint density at radius 1 is 1.12 bits per heavy atom. The predicted octanol–water partition coefficient (Wildman–Crippen LogP) is 3.43. The van der Waals surface area contributed by atoms with Gasteiger partial charge in [-0.25, -0.2) is 4.79 Å². The molecule has 0 atom stereocenters. The first-order chi connectivity index (χ1) is 7.78. The third-order valence-corrected chi connectivity index (χ3v) is 3.78. The average Bonchev–Trinajstić information content (AvgIpc) is 2.43. The van der Waals surface area contributed by atoms with Crippen LogP contribution in [0.15, 0.2) is 18.2 Å². The smallest absolute Gasteiger partial charge is 0.337 e. The Morgan fingerprint density at radius 2 is 1.71 bits per heavy atom. The molecule has 1 aromatic rings. The second-order valence-corrected chi connectivity index (χ2v) is 6.20. The molecule has 0 heterocycles. The summed E-state index contributed by atoms with van der Waals surface area (Å²) < 4.78 is 4.78. The van der Waals surface area contributed by atoms with Crippen molar-refractivity contribution in [1.29, 1.82) is 0 Å². The van der Waals surface area contributed by atoms with Gasteiger partial charge in [-0.15, -0.1) is 0 Å². The summed E-state index contributed by atoms with van der Waals surface area (Å²) in [6.45, 7) is 9.00. The minimum atomic E-state index is -0.256. The fourth-order valence-electron chi connectivity index (χ4n) is 3.23. The molecule has 0 spiro atoms. The first-order valence-electron chi connectivity index (χ1n) is 6.01. The minimum Gasteiger partial charge on any atom is -0.465 e. The lowest BCUT2D eigenvalue weighted by Gasteiger charge is -2.22. The second kappa shape index (κ2) is 3.59. The van der Waals surface area contributed by atoms with Crippen molar-refractivity contribution in [2.24, 2.45) is 0 Å². The van der Waals surface area contributed by atoms with Crippen LogP contribution >= 0.6 is 0 Å². The number of esters is 1. The molecular formula is C15H20O2. The number of methoxy groups -OCH3 is 1. The van der Waals surface area contributed by atoms with Crippen molar-refractivity contribution in [1.82, 2.24) is 0 Å². The summed E-state index contributed by atoms with van der Waals surface area (Å²) in [5, 5.41) is 0. The molecule has 2 nitrogen and oxygen atoms in total. The third kappa shape index (κ3) is 1.86. The van der Waals surface area contributed by atoms with Gasteiger partial charge in [-0.2, -0.15) is 0 Å². The number of hydrogen-bond acceptors (Lipinski definition) is 2. The summed E-state index contributed by atoms with van der Waals surface area (Å²) >= 11 is 0. The van der Waals surface area contributed by atoms with E-state index in [0.717, 1.165) is 6.42 Å². The molecule has 0 N–H and O–H groups in total. The van der Waals surface area contributed by atoms with Crippen LogP contribution in [0.25, 0.3) is 0 Å². The molecule has 0 aliphatic heterocycles. The number of carbonyl (C=O) groups excluding carboxylic acids is 1. The van der Waals surface area contributed by atoms with Crippen LogP contribution in [0.1, 0.15) is 55.6 Å². The molecule has 0 fully saturated rings. The number of carbonyl (C=O) groups is 1. The first kappa shape index (κ1) is 12.2. The summed E-state index contributed by atoms with van der Waals surface area (Å²) in [7, 11) is 1.42. The van der Waals surface area contributed by atoms with Gasteiger partial charge in [-0.1, -0.05) is 33.8 Å². The van der Waals surface area contributed by atoms with Crippen LogP contribution in [0.2, 0.25) is 0 Å². The topological polar surface area (TPSA) is 26.3 Å². The molecular weight excluding hydrogens is 212 g/mol. The van der Waals surface area contributed by atoms with Gasteiger partial charge >= 0.3 is 5.97 Å². The molecule has 1 aromatic carbocycles. The highest BCUT2D eigenvalue weighted by atomic mass is 16.5. The molecule has 17 heavy (non-hydrogen) atoms. The van der Waals surface area contributed by atoms with Crippen molar-refractivity contribution in [2.75, 3.05) is 7.11 Å². The standard InChI is InChI=1S/C15H20O2/c1-14(2)9-15(3,4)12-8-10(13(16)17-5)6-7-11(12)14/h6-8H,9H2,1-5H3. The second-order valence-electron chi connectivity index (χ2n) is 6.20. The van der Waals surface area contributed by atoms with Crippen molar-refractivity contribution in [3.05, 3.63) is 34.9 Å². The summed E-state index contributed by atoms with van der Waals surface area (Å²) in [5.41, 5.74) is 3.61. The molecule has 92 valence electrons. The molecule has 2 rings (SSSR count). The van der Waals surface area contributed by atoms with E-state index in [0.29, 0.717) is 5.56 Å². The Labute approximate surface area is 103 Å². The van der Waals surface area contributed by atoms with Crippen molar-refractivity contribution in [3.8, 4) is 0 Å². The molecule has 0 saturated carbocycles. The van der Waals surface area contributed by atoms with Crippen LogP contribution in [0.5, 0.6) is 0 Å². The van der Waals surface area contributed by atoms with E-state index in [1.807, 2.05) is 12.1 Å². The fraction of sp³-hybridized carbons (Fsp3) is 0.533. The van der Waals surface area contributed by atoms with E-state index in [1.54, 1.807) is 0 Å². The van der Waals surface area contributed by atoms with E-state index in [9.17, 15) is 4.79 Å². The van der Waals surface area contributed by atoms with E-state index in [-0.39, 0.29) is 16.8 Å². The first-order valence-corrected chi connectivity index (χ1v) is 6.01. The molecule has 0 aromatic heterocycles. The highest BCUT2D eigenvalue weighted by Crippen LogP contribution is 2.49. The van der Waals surface area contributed by atoms with Gasteiger partial charge in [-0.3, -0.25) is 0 Å². The lowest BCUT2D eigenvalue weighted by molar-refractivity contribution is 0.0600. The Balaban J connectivity index is 2.57. The van der Waals surface area contributed by atoms with E-state index < -0.39 is 0 Å². The van der Waals surface area contributed by atoms with Crippen LogP contribution in [0, 0.1) is 0 Å². The van der Waals surface area contributed by atoms with Gasteiger partial charge < -0.3 is 4.74 Å². The van der Waals surface area contributed by atoms with E-state index >= 15 is 0 Å². The average molecular weight is 232 g/mol. The Kier molecular flexibility index (Phi) is 2.57. The summed E-state index contributed by atoms with van der Waals surface area (Å²) in [6, 6.07) is 5.94. The maximum absolute atomic E-state index is 11.6. The van der Waals surface area contributed by atoms with Gasteiger partial charge in [0.05, 0.1) is 12.7 Å². The molecule has 0 bridgehead atoms. The van der Waals surface area contributed by atoms with Crippen LogP contribution in [0.4, 0.5) is 0 Å². The predicted molar refractivity (Wildman–Crippen MR) is 68.5 cm³/mol.